The summed E-state index contributed by atoms with van der Waals surface area (Å²) in [4.78, 5) is 38.6. The molecule has 1 unspecified atom stereocenters. The van der Waals surface area contributed by atoms with Gasteiger partial charge in [-0.1, -0.05) is 0 Å². The van der Waals surface area contributed by atoms with Crippen molar-refractivity contribution < 1.29 is 33.0 Å². The van der Waals surface area contributed by atoms with E-state index in [2.05, 4.69) is 5.32 Å². The van der Waals surface area contributed by atoms with Crippen molar-refractivity contribution in [1.29, 1.82) is 0 Å². The van der Waals surface area contributed by atoms with Crippen LogP contribution >= 0.6 is 0 Å². The number of halogens is 1. The van der Waals surface area contributed by atoms with Gasteiger partial charge in [0.2, 0.25) is 5.91 Å². The van der Waals surface area contributed by atoms with Crippen LogP contribution in [-0.4, -0.2) is 62.6 Å². The van der Waals surface area contributed by atoms with Gasteiger partial charge in [0.15, 0.2) is 0 Å². The molecule has 0 aromatic heterocycles. The van der Waals surface area contributed by atoms with Crippen LogP contribution in [0.4, 0.5) is 4.39 Å². The minimum atomic E-state index is -0.688. The SMILES string of the molecule is COCC1C[C@@H](C(=O)OC)N(C(=O)CNC(=O)c2ccc(Oc3ccc(F)cc3)cc2)C1. The number of likely N-dealkylation sites (tertiary alicyclic amines) is 1. The third-order valence-corrected chi connectivity index (χ3v) is 5.15. The first-order chi connectivity index (χ1) is 15.4. The summed E-state index contributed by atoms with van der Waals surface area (Å²) in [6.45, 7) is 0.535. The molecule has 170 valence electrons. The second-order valence-corrected chi connectivity index (χ2v) is 7.41. The molecule has 1 aliphatic heterocycles. The monoisotopic (exact) mass is 444 g/mol. The van der Waals surface area contributed by atoms with Crippen molar-refractivity contribution in [3.8, 4) is 11.5 Å². The molecule has 1 N–H and O–H groups in total. The molecule has 1 aliphatic rings. The van der Waals surface area contributed by atoms with Crippen LogP contribution in [0.5, 0.6) is 11.5 Å². The first kappa shape index (κ1) is 23.2. The highest BCUT2D eigenvalue weighted by molar-refractivity contribution is 5.97. The maximum atomic E-state index is 13.0. The third-order valence-electron chi connectivity index (χ3n) is 5.15. The molecule has 9 heteroatoms. The number of rotatable bonds is 8. The largest absolute Gasteiger partial charge is 0.467 e. The Bertz CT molecular complexity index is 948. The van der Waals surface area contributed by atoms with E-state index >= 15 is 0 Å². The average Bonchev–Trinajstić information content (AvgIpc) is 3.23. The van der Waals surface area contributed by atoms with Gasteiger partial charge < -0.3 is 24.4 Å². The second-order valence-electron chi connectivity index (χ2n) is 7.41. The number of amides is 2. The van der Waals surface area contributed by atoms with Gasteiger partial charge in [-0.15, -0.1) is 0 Å². The van der Waals surface area contributed by atoms with E-state index in [0.29, 0.717) is 36.6 Å². The fourth-order valence-electron chi connectivity index (χ4n) is 3.59. The summed E-state index contributed by atoms with van der Waals surface area (Å²) < 4.78 is 28.5. The number of hydrogen-bond acceptors (Lipinski definition) is 6. The van der Waals surface area contributed by atoms with Gasteiger partial charge in [0.1, 0.15) is 23.4 Å². The second kappa shape index (κ2) is 10.7. The van der Waals surface area contributed by atoms with Crippen LogP contribution in [0.15, 0.2) is 48.5 Å². The highest BCUT2D eigenvalue weighted by atomic mass is 19.1. The molecule has 0 aliphatic carbocycles. The summed E-state index contributed by atoms with van der Waals surface area (Å²) in [5, 5.41) is 2.58. The Kier molecular flexibility index (Phi) is 7.77. The number of benzene rings is 2. The lowest BCUT2D eigenvalue weighted by Crippen LogP contribution is -2.46. The zero-order valence-electron chi connectivity index (χ0n) is 17.9. The lowest BCUT2D eigenvalue weighted by atomic mass is 10.1. The van der Waals surface area contributed by atoms with Crippen molar-refractivity contribution in [2.75, 3.05) is 33.9 Å². The van der Waals surface area contributed by atoms with E-state index in [4.69, 9.17) is 14.2 Å². The van der Waals surface area contributed by atoms with E-state index in [1.165, 1.54) is 36.3 Å². The van der Waals surface area contributed by atoms with Gasteiger partial charge in [-0.25, -0.2) is 9.18 Å². The maximum absolute atomic E-state index is 13.0. The fourth-order valence-corrected chi connectivity index (χ4v) is 3.59. The minimum Gasteiger partial charge on any atom is -0.467 e. The van der Waals surface area contributed by atoms with E-state index in [9.17, 15) is 18.8 Å². The zero-order valence-corrected chi connectivity index (χ0v) is 17.9. The lowest BCUT2D eigenvalue weighted by molar-refractivity contribution is -0.150. The van der Waals surface area contributed by atoms with E-state index < -0.39 is 17.9 Å². The molecule has 2 amide bonds. The summed E-state index contributed by atoms with van der Waals surface area (Å²) in [7, 11) is 2.84. The average molecular weight is 444 g/mol. The van der Waals surface area contributed by atoms with Gasteiger partial charge in [0.05, 0.1) is 20.3 Å². The van der Waals surface area contributed by atoms with E-state index in [1.807, 2.05) is 0 Å². The molecule has 1 fully saturated rings. The summed E-state index contributed by atoms with van der Waals surface area (Å²) in [6.07, 6.45) is 0.454. The zero-order chi connectivity index (χ0) is 23.1. The first-order valence-corrected chi connectivity index (χ1v) is 10.1. The number of methoxy groups -OCH3 is 2. The van der Waals surface area contributed by atoms with Gasteiger partial charge >= 0.3 is 5.97 Å². The highest BCUT2D eigenvalue weighted by Crippen LogP contribution is 2.25. The fraction of sp³-hybridized carbons (Fsp3) is 0.348. The lowest BCUT2D eigenvalue weighted by Gasteiger charge is -2.22. The van der Waals surface area contributed by atoms with E-state index in [1.54, 1.807) is 31.4 Å². The molecule has 0 spiro atoms. The summed E-state index contributed by atoms with van der Waals surface area (Å²) in [5.41, 5.74) is 0.340. The van der Waals surface area contributed by atoms with Crippen molar-refractivity contribution >= 4 is 17.8 Å². The first-order valence-electron chi connectivity index (χ1n) is 10.1. The van der Waals surface area contributed by atoms with Gasteiger partial charge in [-0.05, 0) is 55.0 Å². The van der Waals surface area contributed by atoms with Crippen molar-refractivity contribution in [3.63, 3.8) is 0 Å². The Morgan fingerprint density at radius 1 is 1.03 bits per heavy atom. The maximum Gasteiger partial charge on any atom is 0.328 e. The van der Waals surface area contributed by atoms with Gasteiger partial charge in [0.25, 0.3) is 5.91 Å². The standard InChI is InChI=1S/C23H25FN2O6/c1-30-14-15-11-20(23(29)31-2)26(13-15)21(27)12-25-22(28)16-3-7-18(8-4-16)32-19-9-5-17(24)6-10-19/h3-10,15,20H,11-14H2,1-2H3,(H,25,28)/t15?,20-/m0/s1. The van der Waals surface area contributed by atoms with Crippen LogP contribution in [0.25, 0.3) is 0 Å². The number of ether oxygens (including phenoxy) is 3. The van der Waals surface area contributed by atoms with Crippen LogP contribution in [0, 0.1) is 11.7 Å². The Morgan fingerprint density at radius 2 is 1.66 bits per heavy atom. The molecule has 2 aromatic carbocycles. The minimum absolute atomic E-state index is 0.0254. The molecule has 2 atom stereocenters. The van der Waals surface area contributed by atoms with Gasteiger partial charge in [-0.3, -0.25) is 9.59 Å². The smallest absolute Gasteiger partial charge is 0.328 e. The van der Waals surface area contributed by atoms with E-state index in [0.717, 1.165) is 0 Å². The summed E-state index contributed by atoms with van der Waals surface area (Å²) >= 11 is 0. The van der Waals surface area contributed by atoms with Crippen LogP contribution in [-0.2, 0) is 19.1 Å². The molecule has 1 saturated heterocycles. The molecule has 0 saturated carbocycles. The number of esters is 1. The van der Waals surface area contributed by atoms with Crippen LogP contribution in [0.2, 0.25) is 0 Å². The Balaban J connectivity index is 1.55. The Morgan fingerprint density at radius 3 is 2.25 bits per heavy atom. The molecular formula is C23H25FN2O6. The number of nitrogens with one attached hydrogen (secondary N) is 1. The highest BCUT2D eigenvalue weighted by Gasteiger charge is 2.40. The topological polar surface area (TPSA) is 94.2 Å². The van der Waals surface area contributed by atoms with Crippen molar-refractivity contribution in [1.82, 2.24) is 10.2 Å². The third kappa shape index (κ3) is 5.82. The number of carbonyl (C=O) groups is 3. The van der Waals surface area contributed by atoms with E-state index in [-0.39, 0.29) is 24.2 Å². The van der Waals surface area contributed by atoms with Crippen LogP contribution in [0.3, 0.4) is 0 Å². The quantitative estimate of drug-likeness (QED) is 0.629. The molecule has 1 heterocycles. The van der Waals surface area contributed by atoms with Gasteiger partial charge in [0, 0.05) is 25.1 Å². The molecule has 8 nitrogen and oxygen atoms in total. The summed E-state index contributed by atoms with van der Waals surface area (Å²) in [5.74, 6) is -0.687. The number of carbonyl (C=O) groups excluding carboxylic acids is 3. The number of nitrogens with zero attached hydrogens (tertiary/aromatic N) is 1. The Hall–Kier alpha value is -3.46. The molecule has 0 radical (unpaired) electrons. The predicted octanol–water partition coefficient (Wildman–Crippen LogP) is 2.38. The normalized spacial score (nSPS) is 17.7. The van der Waals surface area contributed by atoms with Crippen molar-refractivity contribution in [2.45, 2.75) is 12.5 Å². The summed E-state index contributed by atoms with van der Waals surface area (Å²) in [6, 6.07) is 11.2. The molecule has 0 bridgehead atoms. The molecule has 2 aromatic rings. The molecule has 3 rings (SSSR count). The number of hydrogen-bond donors (Lipinski definition) is 1. The van der Waals surface area contributed by atoms with Crippen LogP contribution < -0.4 is 10.1 Å². The molecule has 32 heavy (non-hydrogen) atoms. The Labute approximate surface area is 185 Å². The van der Waals surface area contributed by atoms with Crippen molar-refractivity contribution in [2.24, 2.45) is 5.92 Å². The molecular weight excluding hydrogens is 419 g/mol. The van der Waals surface area contributed by atoms with Gasteiger partial charge in [-0.2, -0.15) is 0 Å². The van der Waals surface area contributed by atoms with Crippen LogP contribution in [0.1, 0.15) is 16.8 Å². The van der Waals surface area contributed by atoms with Crippen molar-refractivity contribution in [3.05, 3.63) is 59.9 Å². The predicted molar refractivity (Wildman–Crippen MR) is 113 cm³/mol.